The van der Waals surface area contributed by atoms with E-state index in [1.165, 1.54) is 6.42 Å². The van der Waals surface area contributed by atoms with Crippen LogP contribution in [0.25, 0.3) is 5.52 Å². The van der Waals surface area contributed by atoms with Crippen molar-refractivity contribution in [3.63, 3.8) is 0 Å². The van der Waals surface area contributed by atoms with E-state index in [-0.39, 0.29) is 5.91 Å². The van der Waals surface area contributed by atoms with Crippen molar-refractivity contribution in [2.45, 2.75) is 45.6 Å². The Morgan fingerprint density at radius 2 is 2.24 bits per heavy atom. The molecule has 0 unspecified atom stereocenters. The number of aryl methyl sites for hydroxylation is 1. The van der Waals surface area contributed by atoms with Gasteiger partial charge in [0.25, 0.3) is 5.91 Å². The lowest BCUT2D eigenvalue weighted by molar-refractivity contribution is 0.0749. The predicted molar refractivity (Wildman–Crippen MR) is 91.2 cm³/mol. The van der Waals surface area contributed by atoms with E-state index in [2.05, 4.69) is 15.2 Å². The number of nitrogens with zero attached hydrogens (tertiary/aromatic N) is 5. The Morgan fingerprint density at radius 1 is 1.40 bits per heavy atom. The Bertz CT molecular complexity index is 909. The molecule has 3 heterocycles. The van der Waals surface area contributed by atoms with E-state index in [0.717, 1.165) is 23.9 Å². The molecule has 7 nitrogen and oxygen atoms in total. The highest BCUT2D eigenvalue weighted by Crippen LogP contribution is 2.35. The Kier molecular flexibility index (Phi) is 3.99. The summed E-state index contributed by atoms with van der Waals surface area (Å²) in [5.41, 5.74) is 2.49. The van der Waals surface area contributed by atoms with Gasteiger partial charge in [-0.05, 0) is 38.3 Å². The fourth-order valence-electron chi connectivity index (χ4n) is 3.07. The molecule has 1 aliphatic carbocycles. The molecule has 0 saturated heterocycles. The summed E-state index contributed by atoms with van der Waals surface area (Å²) in [7, 11) is 0. The molecule has 7 heteroatoms. The molecule has 1 aliphatic rings. The maximum absolute atomic E-state index is 12.9. The van der Waals surface area contributed by atoms with Crippen LogP contribution in [0.15, 0.2) is 29.0 Å². The van der Waals surface area contributed by atoms with Crippen LogP contribution >= 0.6 is 0 Å². The smallest absolute Gasteiger partial charge is 0.258 e. The van der Waals surface area contributed by atoms with Gasteiger partial charge in [0.1, 0.15) is 0 Å². The molecule has 1 amide bonds. The van der Waals surface area contributed by atoms with E-state index in [4.69, 9.17) is 4.52 Å². The van der Waals surface area contributed by atoms with Crippen molar-refractivity contribution < 1.29 is 9.32 Å². The second kappa shape index (κ2) is 6.31. The first-order valence-corrected chi connectivity index (χ1v) is 8.71. The number of pyridine rings is 1. The van der Waals surface area contributed by atoms with Crippen molar-refractivity contribution in [3.05, 3.63) is 47.4 Å². The van der Waals surface area contributed by atoms with Crippen LogP contribution in [-0.4, -0.2) is 37.1 Å². The first-order chi connectivity index (χ1) is 12.2. The minimum atomic E-state index is -0.0728. The number of carbonyl (C=O) groups excluding carboxylic acids is 1. The van der Waals surface area contributed by atoms with Gasteiger partial charge in [0, 0.05) is 18.7 Å². The monoisotopic (exact) mass is 339 g/mol. The third-order valence-corrected chi connectivity index (χ3v) is 4.83. The second-order valence-corrected chi connectivity index (χ2v) is 6.59. The van der Waals surface area contributed by atoms with E-state index >= 15 is 0 Å². The molecule has 0 atom stereocenters. The largest absolute Gasteiger partial charge is 0.339 e. The van der Waals surface area contributed by atoms with Gasteiger partial charge in [-0.15, -0.1) is 0 Å². The average Bonchev–Trinajstić information content (AvgIpc) is 3.17. The number of amides is 1. The van der Waals surface area contributed by atoms with Crippen molar-refractivity contribution >= 4 is 11.4 Å². The molecule has 130 valence electrons. The molecule has 3 aromatic rings. The molecule has 3 aromatic heterocycles. The van der Waals surface area contributed by atoms with Crippen LogP contribution in [0.3, 0.4) is 0 Å². The Morgan fingerprint density at radius 3 is 2.96 bits per heavy atom. The zero-order valence-electron chi connectivity index (χ0n) is 14.5. The van der Waals surface area contributed by atoms with Gasteiger partial charge in [-0.2, -0.15) is 10.1 Å². The summed E-state index contributed by atoms with van der Waals surface area (Å²) in [6.45, 7) is 4.85. The lowest BCUT2D eigenvalue weighted by Crippen LogP contribution is -2.30. The molecule has 0 aliphatic heterocycles. The van der Waals surface area contributed by atoms with Crippen LogP contribution in [0, 0.1) is 6.92 Å². The number of hydrogen-bond acceptors (Lipinski definition) is 5. The van der Waals surface area contributed by atoms with Crippen molar-refractivity contribution in [2.75, 3.05) is 6.54 Å². The summed E-state index contributed by atoms with van der Waals surface area (Å²) in [5, 5.41) is 8.33. The van der Waals surface area contributed by atoms with Crippen LogP contribution in [-0.2, 0) is 6.54 Å². The molecular formula is C18H21N5O2. The van der Waals surface area contributed by atoms with Gasteiger partial charge in [-0.25, -0.2) is 4.52 Å². The fourth-order valence-corrected chi connectivity index (χ4v) is 3.07. The summed E-state index contributed by atoms with van der Waals surface area (Å²) in [6, 6.07) is 3.90. The summed E-state index contributed by atoms with van der Waals surface area (Å²) in [4.78, 5) is 19.1. The summed E-state index contributed by atoms with van der Waals surface area (Å²) in [5.74, 6) is 1.59. The second-order valence-electron chi connectivity index (χ2n) is 6.59. The molecule has 1 saturated carbocycles. The van der Waals surface area contributed by atoms with Crippen LogP contribution in [0.2, 0.25) is 0 Å². The molecular weight excluding hydrogens is 318 g/mol. The SMILES string of the molecule is CCN(Cc1noc(C2CCC2)n1)C(=O)c1cnn2cc(C)ccc12. The van der Waals surface area contributed by atoms with Crippen molar-refractivity contribution in [2.24, 2.45) is 0 Å². The Labute approximate surface area is 145 Å². The quantitative estimate of drug-likeness (QED) is 0.714. The molecule has 4 rings (SSSR count). The Hall–Kier alpha value is -2.70. The molecule has 0 spiro atoms. The van der Waals surface area contributed by atoms with Gasteiger partial charge in [0.15, 0.2) is 5.82 Å². The molecule has 0 aromatic carbocycles. The van der Waals surface area contributed by atoms with Gasteiger partial charge in [0.05, 0.1) is 23.8 Å². The summed E-state index contributed by atoms with van der Waals surface area (Å²) < 4.78 is 7.09. The number of aromatic nitrogens is 4. The van der Waals surface area contributed by atoms with Gasteiger partial charge < -0.3 is 9.42 Å². The van der Waals surface area contributed by atoms with Gasteiger partial charge >= 0.3 is 0 Å². The lowest BCUT2D eigenvalue weighted by Gasteiger charge is -2.20. The first-order valence-electron chi connectivity index (χ1n) is 8.71. The molecule has 0 N–H and O–H groups in total. The lowest BCUT2D eigenvalue weighted by atomic mass is 9.85. The third-order valence-electron chi connectivity index (χ3n) is 4.83. The van der Waals surface area contributed by atoms with Gasteiger partial charge in [0.2, 0.25) is 5.89 Å². The minimum absolute atomic E-state index is 0.0728. The number of hydrogen-bond donors (Lipinski definition) is 0. The van der Waals surface area contributed by atoms with Gasteiger partial charge in [-0.3, -0.25) is 4.79 Å². The Balaban J connectivity index is 1.55. The fraction of sp³-hybridized carbons (Fsp3) is 0.444. The normalized spacial score (nSPS) is 14.6. The topological polar surface area (TPSA) is 76.5 Å². The van der Waals surface area contributed by atoms with Crippen molar-refractivity contribution in [1.82, 2.24) is 24.7 Å². The zero-order chi connectivity index (χ0) is 17.4. The van der Waals surface area contributed by atoms with E-state index < -0.39 is 0 Å². The van der Waals surface area contributed by atoms with Crippen LogP contribution in [0.1, 0.15) is 59.7 Å². The maximum Gasteiger partial charge on any atom is 0.258 e. The van der Waals surface area contributed by atoms with E-state index in [1.54, 1.807) is 15.6 Å². The van der Waals surface area contributed by atoms with Crippen molar-refractivity contribution in [3.8, 4) is 0 Å². The summed E-state index contributed by atoms with van der Waals surface area (Å²) >= 11 is 0. The average molecular weight is 339 g/mol. The van der Waals surface area contributed by atoms with E-state index in [1.807, 2.05) is 32.2 Å². The van der Waals surface area contributed by atoms with Crippen LogP contribution in [0.4, 0.5) is 0 Å². The zero-order valence-corrected chi connectivity index (χ0v) is 14.5. The van der Waals surface area contributed by atoms with Gasteiger partial charge in [-0.1, -0.05) is 17.6 Å². The summed E-state index contributed by atoms with van der Waals surface area (Å²) in [6.07, 6.45) is 6.97. The number of fused-ring (bicyclic) bond motifs is 1. The van der Waals surface area contributed by atoms with E-state index in [0.29, 0.717) is 36.3 Å². The third kappa shape index (κ3) is 2.90. The first kappa shape index (κ1) is 15.8. The molecule has 25 heavy (non-hydrogen) atoms. The minimum Gasteiger partial charge on any atom is -0.339 e. The predicted octanol–water partition coefficient (Wildman–Crippen LogP) is 2.96. The molecule has 1 fully saturated rings. The highest BCUT2D eigenvalue weighted by Gasteiger charge is 2.26. The number of rotatable bonds is 5. The number of carbonyl (C=O) groups is 1. The highest BCUT2D eigenvalue weighted by molar-refractivity contribution is 6.00. The highest BCUT2D eigenvalue weighted by atomic mass is 16.5. The van der Waals surface area contributed by atoms with Crippen LogP contribution < -0.4 is 0 Å². The van der Waals surface area contributed by atoms with Crippen molar-refractivity contribution in [1.29, 1.82) is 0 Å². The molecule has 0 radical (unpaired) electrons. The van der Waals surface area contributed by atoms with Crippen LogP contribution in [0.5, 0.6) is 0 Å². The molecule has 0 bridgehead atoms. The van der Waals surface area contributed by atoms with E-state index in [9.17, 15) is 4.79 Å². The standard InChI is InChI=1S/C18H21N5O2/c1-3-22(11-16-20-17(25-21-16)13-5-4-6-13)18(24)14-9-19-23-10-12(2)7-8-15(14)23/h7-10,13H,3-6,11H2,1-2H3. The maximum atomic E-state index is 12.9.